The van der Waals surface area contributed by atoms with Crippen LogP contribution >= 0.6 is 0 Å². The molecule has 0 spiro atoms. The Morgan fingerprint density at radius 2 is 2.24 bits per heavy atom. The van der Waals surface area contributed by atoms with Crippen molar-refractivity contribution in [2.24, 2.45) is 0 Å². The summed E-state index contributed by atoms with van der Waals surface area (Å²) < 4.78 is 5.30. The van der Waals surface area contributed by atoms with Crippen LogP contribution in [0.25, 0.3) is 0 Å². The van der Waals surface area contributed by atoms with Crippen LogP contribution in [0.4, 0.5) is 16.6 Å². The maximum Gasteiger partial charge on any atom is 0.416 e. The molecule has 0 unspecified atom stereocenters. The summed E-state index contributed by atoms with van der Waals surface area (Å²) in [5.41, 5.74) is 5.93. The lowest BCUT2D eigenvalue weighted by molar-refractivity contribution is 0.0583. The second-order valence-corrected chi connectivity index (χ2v) is 4.96. The number of aromatic nitrogens is 2. The number of nitrogen functional groups attached to an aromatic ring is 1. The van der Waals surface area contributed by atoms with Gasteiger partial charge in [0.05, 0.1) is 0 Å². The summed E-state index contributed by atoms with van der Waals surface area (Å²) >= 11 is 0. The van der Waals surface area contributed by atoms with Gasteiger partial charge >= 0.3 is 6.09 Å². The molecule has 0 bridgehead atoms. The molecule has 1 aliphatic rings. The summed E-state index contributed by atoms with van der Waals surface area (Å²) in [7, 11) is 0. The van der Waals surface area contributed by atoms with Crippen LogP contribution in [0.15, 0.2) is 6.20 Å². The fourth-order valence-electron chi connectivity index (χ4n) is 1.65. The number of carbonyl (C=O) groups excluding carboxylic acids is 1. The van der Waals surface area contributed by atoms with Crippen molar-refractivity contribution in [1.29, 1.82) is 0 Å². The van der Waals surface area contributed by atoms with Gasteiger partial charge in [-0.3, -0.25) is 4.90 Å². The van der Waals surface area contributed by atoms with E-state index in [1.165, 1.54) is 4.90 Å². The number of hydrogen-bond donors (Lipinski definition) is 1. The van der Waals surface area contributed by atoms with E-state index in [-0.39, 0.29) is 5.95 Å². The van der Waals surface area contributed by atoms with Crippen LogP contribution in [-0.2, 0) is 11.2 Å². The third kappa shape index (κ3) is 2.46. The Morgan fingerprint density at radius 3 is 2.88 bits per heavy atom. The third-order valence-corrected chi connectivity index (χ3v) is 2.33. The number of ether oxygens (including phenoxy) is 1. The molecule has 1 aromatic heterocycles. The highest BCUT2D eigenvalue weighted by atomic mass is 16.6. The topological polar surface area (TPSA) is 81.3 Å². The van der Waals surface area contributed by atoms with Crippen molar-refractivity contribution in [2.45, 2.75) is 32.8 Å². The molecule has 0 saturated carbocycles. The molecule has 0 atom stereocenters. The maximum atomic E-state index is 11.9. The van der Waals surface area contributed by atoms with Gasteiger partial charge in [0.2, 0.25) is 5.95 Å². The molecule has 2 N–H and O–H groups in total. The minimum atomic E-state index is -0.515. The van der Waals surface area contributed by atoms with E-state index < -0.39 is 11.7 Å². The summed E-state index contributed by atoms with van der Waals surface area (Å²) in [6.07, 6.45) is 1.99. The Morgan fingerprint density at radius 1 is 1.53 bits per heavy atom. The van der Waals surface area contributed by atoms with Crippen LogP contribution < -0.4 is 10.6 Å². The van der Waals surface area contributed by atoms with E-state index in [0.29, 0.717) is 12.4 Å². The van der Waals surface area contributed by atoms with E-state index in [1.807, 2.05) is 20.8 Å². The number of rotatable bonds is 0. The highest BCUT2D eigenvalue weighted by molar-refractivity contribution is 5.89. The van der Waals surface area contributed by atoms with E-state index in [0.717, 1.165) is 12.0 Å². The zero-order valence-corrected chi connectivity index (χ0v) is 10.2. The molecule has 6 nitrogen and oxygen atoms in total. The Labute approximate surface area is 99.8 Å². The summed E-state index contributed by atoms with van der Waals surface area (Å²) in [5, 5.41) is 0. The molecule has 0 radical (unpaired) electrons. The van der Waals surface area contributed by atoms with E-state index in [4.69, 9.17) is 10.5 Å². The largest absolute Gasteiger partial charge is 0.443 e. The molecular weight excluding hydrogens is 220 g/mol. The minimum absolute atomic E-state index is 0.166. The smallest absolute Gasteiger partial charge is 0.416 e. The van der Waals surface area contributed by atoms with Crippen LogP contribution in [0.1, 0.15) is 26.3 Å². The van der Waals surface area contributed by atoms with Gasteiger partial charge in [-0.05, 0) is 27.2 Å². The van der Waals surface area contributed by atoms with Crippen molar-refractivity contribution in [2.75, 3.05) is 17.2 Å². The number of nitrogens with two attached hydrogens (primary N) is 1. The SMILES string of the molecule is CC(C)(C)OC(=O)N1CCc2cnc(N)nc21. The minimum Gasteiger partial charge on any atom is -0.443 e. The lowest BCUT2D eigenvalue weighted by atomic mass is 10.2. The molecule has 0 aliphatic carbocycles. The Kier molecular flexibility index (Phi) is 2.65. The van der Waals surface area contributed by atoms with E-state index in [9.17, 15) is 4.79 Å². The number of fused-ring (bicyclic) bond motifs is 1. The predicted molar refractivity (Wildman–Crippen MR) is 63.7 cm³/mol. The molecule has 0 aromatic carbocycles. The van der Waals surface area contributed by atoms with Crippen molar-refractivity contribution >= 4 is 17.9 Å². The molecule has 2 rings (SSSR count). The van der Waals surface area contributed by atoms with Gasteiger partial charge in [-0.2, -0.15) is 4.98 Å². The first-order chi connectivity index (χ1) is 7.87. The summed E-state index contributed by atoms with van der Waals surface area (Å²) in [6.45, 7) is 6.05. The fraction of sp³-hybridized carbons (Fsp3) is 0.545. The summed E-state index contributed by atoms with van der Waals surface area (Å²) in [5.74, 6) is 0.728. The van der Waals surface area contributed by atoms with Crippen LogP contribution in [0.5, 0.6) is 0 Å². The van der Waals surface area contributed by atoms with Crippen LogP contribution in [0.3, 0.4) is 0 Å². The molecule has 92 valence electrons. The molecule has 0 saturated heterocycles. The quantitative estimate of drug-likeness (QED) is 0.735. The summed E-state index contributed by atoms with van der Waals surface area (Å²) in [6, 6.07) is 0. The van der Waals surface area contributed by atoms with Crippen LogP contribution in [-0.4, -0.2) is 28.2 Å². The Hall–Kier alpha value is -1.85. The third-order valence-electron chi connectivity index (χ3n) is 2.33. The monoisotopic (exact) mass is 236 g/mol. The van der Waals surface area contributed by atoms with Crippen molar-refractivity contribution < 1.29 is 9.53 Å². The molecule has 1 amide bonds. The molecular formula is C11H16N4O2. The van der Waals surface area contributed by atoms with E-state index in [2.05, 4.69) is 9.97 Å². The van der Waals surface area contributed by atoms with Crippen LogP contribution in [0.2, 0.25) is 0 Å². The first-order valence-electron chi connectivity index (χ1n) is 5.49. The first-order valence-corrected chi connectivity index (χ1v) is 5.49. The molecule has 0 fully saturated rings. The number of nitrogens with zero attached hydrogens (tertiary/aromatic N) is 3. The van der Waals surface area contributed by atoms with Gasteiger partial charge in [0.15, 0.2) is 0 Å². The average Bonchev–Trinajstić information content (AvgIpc) is 2.57. The highest BCUT2D eigenvalue weighted by Gasteiger charge is 2.30. The first kappa shape index (κ1) is 11.6. The van der Waals surface area contributed by atoms with E-state index >= 15 is 0 Å². The van der Waals surface area contributed by atoms with Gasteiger partial charge in [0.25, 0.3) is 0 Å². The number of hydrogen-bond acceptors (Lipinski definition) is 5. The molecule has 6 heteroatoms. The summed E-state index contributed by atoms with van der Waals surface area (Å²) in [4.78, 5) is 21.4. The second-order valence-electron chi connectivity index (χ2n) is 4.96. The van der Waals surface area contributed by atoms with Gasteiger partial charge in [-0.1, -0.05) is 0 Å². The Bertz CT molecular complexity index is 453. The zero-order valence-electron chi connectivity index (χ0n) is 10.2. The molecule has 17 heavy (non-hydrogen) atoms. The van der Waals surface area contributed by atoms with Crippen LogP contribution in [0, 0.1) is 0 Å². The molecule has 1 aliphatic heterocycles. The normalized spacial score (nSPS) is 14.6. The fourth-order valence-corrected chi connectivity index (χ4v) is 1.65. The standard InChI is InChI=1S/C11H16N4O2/c1-11(2,3)17-10(16)15-5-4-7-6-13-9(12)14-8(7)15/h6H,4-5H2,1-3H3,(H2,12,13,14). The van der Waals surface area contributed by atoms with E-state index in [1.54, 1.807) is 6.20 Å². The zero-order chi connectivity index (χ0) is 12.6. The van der Waals surface area contributed by atoms with Gasteiger partial charge in [-0.25, -0.2) is 9.78 Å². The number of anilines is 2. The number of amides is 1. The van der Waals surface area contributed by atoms with Crippen molar-refractivity contribution in [3.63, 3.8) is 0 Å². The van der Waals surface area contributed by atoms with Gasteiger partial charge in [0, 0.05) is 18.3 Å². The average molecular weight is 236 g/mol. The van der Waals surface area contributed by atoms with Gasteiger partial charge in [0.1, 0.15) is 11.4 Å². The predicted octanol–water partition coefficient (Wildman–Crippen LogP) is 1.36. The van der Waals surface area contributed by atoms with Crippen molar-refractivity contribution in [3.8, 4) is 0 Å². The molecule has 1 aromatic rings. The lowest BCUT2D eigenvalue weighted by Crippen LogP contribution is -2.36. The number of carbonyl (C=O) groups is 1. The van der Waals surface area contributed by atoms with Crippen molar-refractivity contribution in [1.82, 2.24) is 9.97 Å². The highest BCUT2D eigenvalue weighted by Crippen LogP contribution is 2.27. The molecule has 2 heterocycles. The van der Waals surface area contributed by atoms with Gasteiger partial charge in [-0.15, -0.1) is 0 Å². The second kappa shape index (κ2) is 3.87. The Balaban J connectivity index is 2.22. The maximum absolute atomic E-state index is 11.9. The van der Waals surface area contributed by atoms with Crippen molar-refractivity contribution in [3.05, 3.63) is 11.8 Å². The van der Waals surface area contributed by atoms with Gasteiger partial charge < -0.3 is 10.5 Å². The lowest BCUT2D eigenvalue weighted by Gasteiger charge is -2.24.